The van der Waals surface area contributed by atoms with Gasteiger partial charge in [-0.25, -0.2) is 0 Å². The van der Waals surface area contributed by atoms with E-state index in [2.05, 4.69) is 0 Å². The minimum absolute atomic E-state index is 0.0616. The summed E-state index contributed by atoms with van der Waals surface area (Å²) < 4.78 is 10.0. The Balaban J connectivity index is 3.26. The molecule has 0 radical (unpaired) electrons. The molecule has 0 aliphatic carbocycles. The average molecular weight is 230 g/mol. The molecule has 0 saturated heterocycles. The van der Waals surface area contributed by atoms with Gasteiger partial charge < -0.3 is 15.2 Å². The van der Waals surface area contributed by atoms with Gasteiger partial charge in [-0.2, -0.15) is 0 Å². The second-order valence-corrected chi connectivity index (χ2v) is 3.20. The van der Waals surface area contributed by atoms with Crippen molar-refractivity contribution in [1.29, 1.82) is 0 Å². The minimum Gasteiger partial charge on any atom is -0.495 e. The lowest BCUT2D eigenvalue weighted by Crippen LogP contribution is -2.13. The van der Waals surface area contributed by atoms with Crippen molar-refractivity contribution in [3.63, 3.8) is 0 Å². The van der Waals surface area contributed by atoms with Crippen LogP contribution in [0.2, 0.25) is 5.02 Å². The number of benzene rings is 1. The number of carbonyl (C=O) groups is 1. The molecule has 2 N–H and O–H groups in total. The van der Waals surface area contributed by atoms with Crippen LogP contribution in [0.25, 0.3) is 0 Å². The molecule has 15 heavy (non-hydrogen) atoms. The van der Waals surface area contributed by atoms with E-state index in [0.717, 1.165) is 0 Å². The molecular formula is C10H12ClNO3. The molecule has 1 rings (SSSR count). The third-order valence-electron chi connectivity index (χ3n) is 1.95. The zero-order chi connectivity index (χ0) is 11.4. The van der Waals surface area contributed by atoms with Crippen LogP contribution >= 0.6 is 11.6 Å². The summed E-state index contributed by atoms with van der Waals surface area (Å²) in [5, 5.41) is 0.341. The van der Waals surface area contributed by atoms with Crippen LogP contribution in [0.5, 0.6) is 11.5 Å². The SMILES string of the molecule is COc1cc(C(=O)CN)cc(OC)c1Cl. The smallest absolute Gasteiger partial charge is 0.176 e. The van der Waals surface area contributed by atoms with Crippen LogP contribution in [-0.4, -0.2) is 26.5 Å². The van der Waals surface area contributed by atoms with E-state index in [9.17, 15) is 4.79 Å². The first-order valence-corrected chi connectivity index (χ1v) is 4.66. The number of hydrogen-bond acceptors (Lipinski definition) is 4. The maximum absolute atomic E-state index is 11.4. The maximum atomic E-state index is 11.4. The van der Waals surface area contributed by atoms with Crippen molar-refractivity contribution in [3.8, 4) is 11.5 Å². The minimum atomic E-state index is -0.191. The second-order valence-electron chi connectivity index (χ2n) is 2.82. The molecular weight excluding hydrogens is 218 g/mol. The van der Waals surface area contributed by atoms with E-state index in [0.29, 0.717) is 22.1 Å². The molecule has 0 spiro atoms. The van der Waals surface area contributed by atoms with Gasteiger partial charge in [0.25, 0.3) is 0 Å². The first kappa shape index (κ1) is 11.8. The Labute approximate surface area is 92.9 Å². The standard InChI is InChI=1S/C10H12ClNO3/c1-14-8-3-6(7(13)5-12)4-9(15-2)10(8)11/h3-4H,5,12H2,1-2H3. The lowest BCUT2D eigenvalue weighted by molar-refractivity contribution is 0.100. The van der Waals surface area contributed by atoms with E-state index in [-0.39, 0.29) is 12.3 Å². The second kappa shape index (κ2) is 5.00. The summed E-state index contributed by atoms with van der Waals surface area (Å²) in [7, 11) is 2.94. The van der Waals surface area contributed by atoms with Crippen LogP contribution in [0, 0.1) is 0 Å². The number of rotatable bonds is 4. The molecule has 0 aliphatic rings. The fourth-order valence-electron chi connectivity index (χ4n) is 1.15. The summed E-state index contributed by atoms with van der Waals surface area (Å²) in [6.07, 6.45) is 0. The van der Waals surface area contributed by atoms with Gasteiger partial charge in [0.15, 0.2) is 5.78 Å². The summed E-state index contributed by atoms with van der Waals surface area (Å²) in [6, 6.07) is 3.08. The highest BCUT2D eigenvalue weighted by atomic mass is 35.5. The van der Waals surface area contributed by atoms with Crippen molar-refractivity contribution in [3.05, 3.63) is 22.7 Å². The Kier molecular flexibility index (Phi) is 3.94. The quantitative estimate of drug-likeness (QED) is 0.795. The van der Waals surface area contributed by atoms with Crippen molar-refractivity contribution in [2.75, 3.05) is 20.8 Å². The molecule has 82 valence electrons. The normalized spacial score (nSPS) is 9.87. The Morgan fingerprint density at radius 2 is 1.80 bits per heavy atom. The predicted molar refractivity (Wildman–Crippen MR) is 57.9 cm³/mol. The number of hydrogen-bond donors (Lipinski definition) is 1. The van der Waals surface area contributed by atoms with E-state index in [1.165, 1.54) is 14.2 Å². The zero-order valence-electron chi connectivity index (χ0n) is 8.54. The Hall–Kier alpha value is -1.26. The number of ketones is 1. The van der Waals surface area contributed by atoms with Crippen LogP contribution in [0.1, 0.15) is 10.4 Å². The molecule has 0 bridgehead atoms. The zero-order valence-corrected chi connectivity index (χ0v) is 9.30. The Morgan fingerprint density at radius 3 is 2.13 bits per heavy atom. The Morgan fingerprint density at radius 1 is 1.33 bits per heavy atom. The number of nitrogens with two attached hydrogens (primary N) is 1. The van der Waals surface area contributed by atoms with Crippen molar-refractivity contribution in [2.45, 2.75) is 0 Å². The van der Waals surface area contributed by atoms with Gasteiger partial charge in [-0.1, -0.05) is 11.6 Å². The first-order valence-electron chi connectivity index (χ1n) is 4.28. The molecule has 0 unspecified atom stereocenters. The van der Waals surface area contributed by atoms with Gasteiger partial charge >= 0.3 is 0 Å². The molecule has 0 aromatic heterocycles. The summed E-state index contributed by atoms with van der Waals surface area (Å²) in [4.78, 5) is 11.4. The van der Waals surface area contributed by atoms with Crippen LogP contribution in [0.4, 0.5) is 0 Å². The van der Waals surface area contributed by atoms with Crippen LogP contribution in [0.15, 0.2) is 12.1 Å². The molecule has 4 nitrogen and oxygen atoms in total. The van der Waals surface area contributed by atoms with Crippen LogP contribution < -0.4 is 15.2 Å². The van der Waals surface area contributed by atoms with Gasteiger partial charge in [0, 0.05) is 5.56 Å². The molecule has 0 fully saturated rings. The average Bonchev–Trinajstić information content (AvgIpc) is 2.28. The number of carbonyl (C=O) groups excluding carboxylic acids is 1. The first-order chi connectivity index (χ1) is 7.13. The van der Waals surface area contributed by atoms with Crippen molar-refractivity contribution < 1.29 is 14.3 Å². The number of Topliss-reactive ketones (excluding diaryl/α,β-unsaturated/α-hetero) is 1. The monoisotopic (exact) mass is 229 g/mol. The molecule has 0 aliphatic heterocycles. The number of halogens is 1. The topological polar surface area (TPSA) is 61.5 Å². The highest BCUT2D eigenvalue weighted by Crippen LogP contribution is 2.35. The summed E-state index contributed by atoms with van der Waals surface area (Å²) in [5.74, 6) is 0.601. The fraction of sp³-hybridized carbons (Fsp3) is 0.300. The highest BCUT2D eigenvalue weighted by molar-refractivity contribution is 6.33. The van der Waals surface area contributed by atoms with E-state index < -0.39 is 0 Å². The molecule has 1 aromatic carbocycles. The lowest BCUT2D eigenvalue weighted by atomic mass is 10.1. The van der Waals surface area contributed by atoms with Gasteiger partial charge in [0.2, 0.25) is 0 Å². The van der Waals surface area contributed by atoms with E-state index >= 15 is 0 Å². The predicted octanol–water partition coefficient (Wildman–Crippen LogP) is 1.50. The highest BCUT2D eigenvalue weighted by Gasteiger charge is 2.13. The molecule has 5 heteroatoms. The van der Waals surface area contributed by atoms with E-state index in [1.54, 1.807) is 12.1 Å². The van der Waals surface area contributed by atoms with Crippen molar-refractivity contribution in [1.82, 2.24) is 0 Å². The number of methoxy groups -OCH3 is 2. The van der Waals surface area contributed by atoms with Gasteiger partial charge in [-0.05, 0) is 12.1 Å². The molecule has 1 aromatic rings. The summed E-state index contributed by atoms with van der Waals surface area (Å²) in [5.41, 5.74) is 5.69. The van der Waals surface area contributed by atoms with Gasteiger partial charge in [-0.15, -0.1) is 0 Å². The fourth-order valence-corrected chi connectivity index (χ4v) is 1.41. The third-order valence-corrected chi connectivity index (χ3v) is 2.33. The largest absolute Gasteiger partial charge is 0.495 e. The van der Waals surface area contributed by atoms with Gasteiger partial charge in [0.05, 0.1) is 20.8 Å². The molecule has 0 heterocycles. The van der Waals surface area contributed by atoms with E-state index in [4.69, 9.17) is 26.8 Å². The summed E-state index contributed by atoms with van der Waals surface area (Å²) >= 11 is 5.94. The van der Waals surface area contributed by atoms with Crippen molar-refractivity contribution in [2.24, 2.45) is 5.73 Å². The number of ether oxygens (including phenoxy) is 2. The molecule has 0 amide bonds. The third kappa shape index (κ3) is 2.40. The maximum Gasteiger partial charge on any atom is 0.176 e. The molecule has 0 saturated carbocycles. The van der Waals surface area contributed by atoms with Gasteiger partial charge in [-0.3, -0.25) is 4.79 Å². The van der Waals surface area contributed by atoms with Crippen LogP contribution in [0.3, 0.4) is 0 Å². The molecule has 0 atom stereocenters. The lowest BCUT2D eigenvalue weighted by Gasteiger charge is -2.10. The van der Waals surface area contributed by atoms with Gasteiger partial charge in [0.1, 0.15) is 16.5 Å². The Bertz CT molecular complexity index is 354. The van der Waals surface area contributed by atoms with E-state index in [1.807, 2.05) is 0 Å². The van der Waals surface area contributed by atoms with Crippen LogP contribution in [-0.2, 0) is 0 Å². The summed E-state index contributed by atoms with van der Waals surface area (Å²) in [6.45, 7) is -0.0616. The van der Waals surface area contributed by atoms with Crippen molar-refractivity contribution >= 4 is 17.4 Å².